The molecule has 0 aromatic carbocycles. The molecule has 1 heterocycles. The van der Waals surface area contributed by atoms with Gasteiger partial charge in [0.05, 0.1) is 17.9 Å². The molecule has 0 spiro atoms. The largest absolute Gasteiger partial charge is 0.285 e. The summed E-state index contributed by atoms with van der Waals surface area (Å²) < 4.78 is 25.7. The van der Waals surface area contributed by atoms with Crippen LogP contribution in [-0.4, -0.2) is 55.6 Å². The predicted molar refractivity (Wildman–Crippen MR) is 71.5 cm³/mol. The van der Waals surface area contributed by atoms with Gasteiger partial charge in [-0.1, -0.05) is 20.8 Å². The van der Waals surface area contributed by atoms with Crippen LogP contribution in [-0.2, 0) is 10.0 Å². The lowest BCUT2D eigenvalue weighted by Crippen LogP contribution is -2.52. The number of sulfonamides is 1. The summed E-state index contributed by atoms with van der Waals surface area (Å²) in [6.45, 7) is 8.14. The van der Waals surface area contributed by atoms with Gasteiger partial charge in [0.15, 0.2) is 0 Å². The van der Waals surface area contributed by atoms with Gasteiger partial charge < -0.3 is 0 Å². The first kappa shape index (κ1) is 15.4. The third-order valence-electron chi connectivity index (χ3n) is 3.19. The number of hydrogen-bond donors (Lipinski definition) is 0. The second-order valence-corrected chi connectivity index (χ2v) is 7.17. The monoisotopic (exact) mass is 273 g/mol. The van der Waals surface area contributed by atoms with Crippen LogP contribution in [0.15, 0.2) is 0 Å². The van der Waals surface area contributed by atoms with Crippen molar-refractivity contribution in [2.75, 3.05) is 31.9 Å². The Kier molecular flexibility index (Phi) is 5.57. The minimum Gasteiger partial charge on any atom is -0.285 e. The fraction of sp³-hybridized carbons (Fsp3) is 0.917. The normalized spacial score (nSPS) is 20.8. The molecule has 104 valence electrons. The molecule has 1 rings (SSSR count). The summed E-state index contributed by atoms with van der Waals surface area (Å²) in [6, 6.07) is 2.18. The number of rotatable bonds is 5. The van der Waals surface area contributed by atoms with Crippen LogP contribution in [0.2, 0.25) is 0 Å². The molecule has 5 nitrogen and oxygen atoms in total. The van der Waals surface area contributed by atoms with Gasteiger partial charge in [0.2, 0.25) is 10.0 Å². The van der Waals surface area contributed by atoms with Crippen LogP contribution in [0.4, 0.5) is 0 Å². The van der Waals surface area contributed by atoms with E-state index >= 15 is 0 Å². The van der Waals surface area contributed by atoms with Crippen molar-refractivity contribution in [2.24, 2.45) is 5.92 Å². The minimum atomic E-state index is -3.12. The molecule has 0 saturated carbocycles. The summed E-state index contributed by atoms with van der Waals surface area (Å²) in [6.07, 6.45) is 0.787. The Balaban J connectivity index is 2.57. The highest BCUT2D eigenvalue weighted by Gasteiger charge is 2.29. The van der Waals surface area contributed by atoms with Gasteiger partial charge in [-0.05, 0) is 12.3 Å². The lowest BCUT2D eigenvalue weighted by atomic mass is 10.2. The van der Waals surface area contributed by atoms with Gasteiger partial charge in [0.25, 0.3) is 0 Å². The Hall–Kier alpha value is -0.640. The summed E-state index contributed by atoms with van der Waals surface area (Å²) >= 11 is 0. The van der Waals surface area contributed by atoms with E-state index in [1.807, 2.05) is 20.8 Å². The molecule has 0 aromatic heterocycles. The highest BCUT2D eigenvalue weighted by Crippen LogP contribution is 2.13. The average Bonchev–Trinajstić information content (AvgIpc) is 2.29. The van der Waals surface area contributed by atoms with Crippen molar-refractivity contribution in [1.82, 2.24) is 9.21 Å². The Bertz CT molecular complexity index is 392. The Morgan fingerprint density at radius 3 is 2.17 bits per heavy atom. The highest BCUT2D eigenvalue weighted by atomic mass is 32.2. The molecule has 0 aliphatic carbocycles. The van der Waals surface area contributed by atoms with Crippen molar-refractivity contribution in [3.63, 3.8) is 0 Å². The van der Waals surface area contributed by atoms with E-state index in [1.165, 1.54) is 0 Å². The lowest BCUT2D eigenvalue weighted by molar-refractivity contribution is 0.159. The predicted octanol–water partition coefficient (Wildman–Crippen LogP) is 0.892. The molecule has 0 amide bonds. The standard InChI is InChI=1S/C12H23N3O2S/c1-4-12(9-13)14-5-7-15(8-6-14)18(16,17)10-11(2)3/h11-12H,4-8,10H2,1-3H3. The summed E-state index contributed by atoms with van der Waals surface area (Å²) in [7, 11) is -3.12. The summed E-state index contributed by atoms with van der Waals surface area (Å²) in [5.74, 6) is 0.359. The van der Waals surface area contributed by atoms with Crippen molar-refractivity contribution in [2.45, 2.75) is 33.2 Å². The van der Waals surface area contributed by atoms with Gasteiger partial charge in [-0.2, -0.15) is 9.57 Å². The minimum absolute atomic E-state index is 0.0834. The topological polar surface area (TPSA) is 64.4 Å². The number of piperazine rings is 1. The van der Waals surface area contributed by atoms with E-state index in [2.05, 4.69) is 11.0 Å². The quantitative estimate of drug-likeness (QED) is 0.746. The van der Waals surface area contributed by atoms with E-state index in [9.17, 15) is 8.42 Å². The Labute approximate surface area is 110 Å². The third-order valence-corrected chi connectivity index (χ3v) is 5.43. The molecule has 1 fully saturated rings. The molecule has 18 heavy (non-hydrogen) atoms. The van der Waals surface area contributed by atoms with E-state index in [0.29, 0.717) is 26.2 Å². The first-order valence-corrected chi connectivity index (χ1v) is 8.13. The summed E-state index contributed by atoms with van der Waals surface area (Å²) in [4.78, 5) is 2.07. The molecule has 1 unspecified atom stereocenters. The van der Waals surface area contributed by atoms with Gasteiger partial charge >= 0.3 is 0 Å². The maximum atomic E-state index is 12.1. The van der Waals surface area contributed by atoms with E-state index in [0.717, 1.165) is 6.42 Å². The molecule has 1 aliphatic rings. The number of nitrogens with zero attached hydrogens (tertiary/aromatic N) is 3. The molecule has 0 aromatic rings. The van der Waals surface area contributed by atoms with Crippen LogP contribution in [0.3, 0.4) is 0 Å². The van der Waals surface area contributed by atoms with E-state index in [-0.39, 0.29) is 17.7 Å². The molecule has 0 radical (unpaired) electrons. The smallest absolute Gasteiger partial charge is 0.214 e. The first-order valence-electron chi connectivity index (χ1n) is 6.52. The number of hydrogen-bond acceptors (Lipinski definition) is 4. The van der Waals surface area contributed by atoms with Crippen LogP contribution in [0.1, 0.15) is 27.2 Å². The maximum Gasteiger partial charge on any atom is 0.214 e. The van der Waals surface area contributed by atoms with Gasteiger partial charge in [-0.3, -0.25) is 4.90 Å². The maximum absolute atomic E-state index is 12.1. The van der Waals surface area contributed by atoms with Crippen molar-refractivity contribution in [3.05, 3.63) is 0 Å². The molecule has 1 saturated heterocycles. The van der Waals surface area contributed by atoms with Crippen molar-refractivity contribution in [1.29, 1.82) is 5.26 Å². The summed E-state index contributed by atoms with van der Waals surface area (Å²) in [5, 5.41) is 9.00. The molecular weight excluding hydrogens is 250 g/mol. The summed E-state index contributed by atoms with van der Waals surface area (Å²) in [5.41, 5.74) is 0. The second kappa shape index (κ2) is 6.50. The Morgan fingerprint density at radius 2 is 1.78 bits per heavy atom. The molecule has 6 heteroatoms. The van der Waals surface area contributed by atoms with E-state index in [1.54, 1.807) is 4.31 Å². The fourth-order valence-corrected chi connectivity index (χ4v) is 4.02. The average molecular weight is 273 g/mol. The molecular formula is C12H23N3O2S. The molecule has 1 aliphatic heterocycles. The van der Waals surface area contributed by atoms with Crippen LogP contribution < -0.4 is 0 Å². The zero-order chi connectivity index (χ0) is 13.8. The van der Waals surface area contributed by atoms with Gasteiger partial charge in [0, 0.05) is 26.2 Å². The fourth-order valence-electron chi connectivity index (χ4n) is 2.25. The van der Waals surface area contributed by atoms with Crippen LogP contribution in [0.25, 0.3) is 0 Å². The third kappa shape index (κ3) is 3.94. The SMILES string of the molecule is CCC(C#N)N1CCN(S(=O)(=O)CC(C)C)CC1. The molecule has 0 N–H and O–H groups in total. The lowest BCUT2D eigenvalue weighted by Gasteiger charge is -2.36. The van der Waals surface area contributed by atoms with E-state index in [4.69, 9.17) is 5.26 Å². The van der Waals surface area contributed by atoms with Gasteiger partial charge in [-0.15, -0.1) is 0 Å². The zero-order valence-corrected chi connectivity index (χ0v) is 12.3. The van der Waals surface area contributed by atoms with Crippen molar-refractivity contribution < 1.29 is 8.42 Å². The van der Waals surface area contributed by atoms with Crippen LogP contribution >= 0.6 is 0 Å². The second-order valence-electron chi connectivity index (χ2n) is 5.16. The van der Waals surface area contributed by atoms with Gasteiger partial charge in [-0.25, -0.2) is 8.42 Å². The van der Waals surface area contributed by atoms with Crippen LogP contribution in [0, 0.1) is 17.2 Å². The van der Waals surface area contributed by atoms with Crippen LogP contribution in [0.5, 0.6) is 0 Å². The Morgan fingerprint density at radius 1 is 1.22 bits per heavy atom. The van der Waals surface area contributed by atoms with Gasteiger partial charge in [0.1, 0.15) is 0 Å². The molecule has 1 atom stereocenters. The first-order chi connectivity index (χ1) is 8.40. The molecule has 0 bridgehead atoms. The number of nitriles is 1. The zero-order valence-electron chi connectivity index (χ0n) is 11.5. The van der Waals surface area contributed by atoms with Crippen molar-refractivity contribution >= 4 is 10.0 Å². The van der Waals surface area contributed by atoms with E-state index < -0.39 is 10.0 Å². The van der Waals surface area contributed by atoms with Crippen molar-refractivity contribution in [3.8, 4) is 6.07 Å². The highest BCUT2D eigenvalue weighted by molar-refractivity contribution is 7.89.